The van der Waals surface area contributed by atoms with E-state index in [0.717, 1.165) is 28.6 Å². The van der Waals surface area contributed by atoms with E-state index in [-0.39, 0.29) is 27.2 Å². The third kappa shape index (κ3) is 4.62. The number of benzene rings is 2. The molecule has 0 fully saturated rings. The van der Waals surface area contributed by atoms with E-state index in [0.29, 0.717) is 0 Å². The molecule has 0 amide bonds. The van der Waals surface area contributed by atoms with E-state index >= 15 is 0 Å². The fourth-order valence-corrected chi connectivity index (χ4v) is 3.89. The van der Waals surface area contributed by atoms with Crippen LogP contribution in [0, 0.1) is 5.82 Å². The van der Waals surface area contributed by atoms with Gasteiger partial charge in [0, 0.05) is 5.02 Å². The molecule has 0 heterocycles. The molecule has 0 unspecified atom stereocenters. The van der Waals surface area contributed by atoms with Crippen molar-refractivity contribution >= 4 is 44.9 Å². The maximum absolute atomic E-state index is 13.1. The van der Waals surface area contributed by atoms with Crippen LogP contribution in [0.3, 0.4) is 0 Å². The molecule has 0 aliphatic heterocycles. The fourth-order valence-electron chi connectivity index (χ4n) is 2.03. The van der Waals surface area contributed by atoms with Gasteiger partial charge in [-0.05, 0) is 49.4 Å². The molecule has 0 atom stereocenters. The molecule has 0 aliphatic carbocycles. The van der Waals surface area contributed by atoms with Crippen LogP contribution in [-0.4, -0.2) is 27.5 Å². The van der Waals surface area contributed by atoms with E-state index in [2.05, 4.69) is 0 Å². The van der Waals surface area contributed by atoms with Crippen LogP contribution in [0.4, 0.5) is 10.1 Å². The van der Waals surface area contributed by atoms with Crippen LogP contribution < -0.4 is 4.31 Å². The van der Waals surface area contributed by atoms with Crippen LogP contribution in [0.1, 0.15) is 6.92 Å². The standard InChI is InChI=1S/C16H14Cl2FNO4S/c1-2-24-16(21)10-20(15-9-11(17)3-8-14(15)18)25(22,23)13-6-4-12(19)5-7-13/h3-9H,2,10H2,1H3. The van der Waals surface area contributed by atoms with Crippen molar-refractivity contribution in [3.8, 4) is 0 Å². The number of ether oxygens (including phenoxy) is 1. The number of carbonyl (C=O) groups excluding carboxylic acids is 1. The van der Waals surface area contributed by atoms with E-state index in [1.165, 1.54) is 18.2 Å². The van der Waals surface area contributed by atoms with E-state index in [9.17, 15) is 17.6 Å². The second-order valence-electron chi connectivity index (χ2n) is 4.87. The minimum absolute atomic E-state index is 0.0199. The SMILES string of the molecule is CCOC(=O)CN(c1cc(Cl)ccc1Cl)S(=O)(=O)c1ccc(F)cc1. The Balaban J connectivity index is 2.55. The highest BCUT2D eigenvalue weighted by Crippen LogP contribution is 2.33. The van der Waals surface area contributed by atoms with Gasteiger partial charge < -0.3 is 4.74 Å². The zero-order valence-corrected chi connectivity index (χ0v) is 15.4. The van der Waals surface area contributed by atoms with Crippen molar-refractivity contribution in [3.05, 3.63) is 58.3 Å². The Labute approximate surface area is 155 Å². The van der Waals surface area contributed by atoms with Crippen molar-refractivity contribution in [1.82, 2.24) is 0 Å². The predicted octanol–water partition coefficient (Wildman–Crippen LogP) is 3.89. The van der Waals surface area contributed by atoms with Gasteiger partial charge in [-0.1, -0.05) is 23.2 Å². The monoisotopic (exact) mass is 405 g/mol. The smallest absolute Gasteiger partial charge is 0.326 e. The molecule has 9 heteroatoms. The van der Waals surface area contributed by atoms with Crippen molar-refractivity contribution in [2.24, 2.45) is 0 Å². The van der Waals surface area contributed by atoms with Gasteiger partial charge >= 0.3 is 5.97 Å². The van der Waals surface area contributed by atoms with Crippen molar-refractivity contribution in [3.63, 3.8) is 0 Å². The molecule has 2 aromatic rings. The molecule has 0 spiro atoms. The number of carbonyl (C=O) groups is 1. The Hall–Kier alpha value is -1.83. The Morgan fingerprint density at radius 1 is 1.16 bits per heavy atom. The third-order valence-electron chi connectivity index (χ3n) is 3.16. The molecular formula is C16H14Cl2FNO4S. The Morgan fingerprint density at radius 2 is 1.80 bits per heavy atom. The fraction of sp³-hybridized carbons (Fsp3) is 0.188. The maximum atomic E-state index is 13.1. The second-order valence-corrected chi connectivity index (χ2v) is 7.57. The molecule has 0 aliphatic rings. The van der Waals surface area contributed by atoms with Gasteiger partial charge in [0.25, 0.3) is 10.0 Å². The summed E-state index contributed by atoms with van der Waals surface area (Å²) in [6, 6.07) is 8.44. The molecule has 0 bridgehead atoms. The molecule has 0 saturated heterocycles. The minimum Gasteiger partial charge on any atom is -0.465 e. The lowest BCUT2D eigenvalue weighted by Gasteiger charge is -2.24. The summed E-state index contributed by atoms with van der Waals surface area (Å²) in [7, 11) is -4.20. The maximum Gasteiger partial charge on any atom is 0.326 e. The zero-order chi connectivity index (χ0) is 18.6. The number of esters is 1. The Kier molecular flexibility index (Phi) is 6.26. The topological polar surface area (TPSA) is 63.7 Å². The zero-order valence-electron chi connectivity index (χ0n) is 13.1. The summed E-state index contributed by atoms with van der Waals surface area (Å²) in [6.45, 7) is 1.09. The first kappa shape index (κ1) is 19.5. The van der Waals surface area contributed by atoms with Gasteiger partial charge in [0.05, 0.1) is 22.2 Å². The Morgan fingerprint density at radius 3 is 2.40 bits per heavy atom. The van der Waals surface area contributed by atoms with Crippen LogP contribution in [0.25, 0.3) is 0 Å². The number of hydrogen-bond donors (Lipinski definition) is 0. The number of halogens is 3. The summed E-state index contributed by atoms with van der Waals surface area (Å²) in [4.78, 5) is 11.7. The normalized spacial score (nSPS) is 11.2. The predicted molar refractivity (Wildman–Crippen MR) is 94.0 cm³/mol. The lowest BCUT2D eigenvalue weighted by atomic mass is 10.3. The summed E-state index contributed by atoms with van der Waals surface area (Å²) >= 11 is 12.0. The first-order chi connectivity index (χ1) is 11.8. The van der Waals surface area contributed by atoms with E-state index in [1.54, 1.807) is 6.92 Å². The van der Waals surface area contributed by atoms with Gasteiger partial charge in [0.2, 0.25) is 0 Å². The number of nitrogens with zero attached hydrogens (tertiary/aromatic N) is 1. The summed E-state index contributed by atoms with van der Waals surface area (Å²) in [5.41, 5.74) is 0.0199. The number of sulfonamides is 1. The van der Waals surface area contributed by atoms with E-state index in [1.807, 2.05) is 0 Å². The molecule has 0 N–H and O–H groups in total. The Bertz CT molecular complexity index is 872. The molecule has 0 radical (unpaired) electrons. The van der Waals surface area contributed by atoms with Crippen LogP contribution in [-0.2, 0) is 19.6 Å². The largest absolute Gasteiger partial charge is 0.465 e. The van der Waals surface area contributed by atoms with Gasteiger partial charge in [-0.2, -0.15) is 0 Å². The van der Waals surface area contributed by atoms with Crippen LogP contribution in [0.15, 0.2) is 47.4 Å². The van der Waals surface area contributed by atoms with Crippen LogP contribution in [0.2, 0.25) is 10.0 Å². The van der Waals surface area contributed by atoms with Crippen LogP contribution >= 0.6 is 23.2 Å². The lowest BCUT2D eigenvalue weighted by Crippen LogP contribution is -2.36. The van der Waals surface area contributed by atoms with Crippen molar-refractivity contribution in [2.45, 2.75) is 11.8 Å². The molecular weight excluding hydrogens is 392 g/mol. The minimum atomic E-state index is -4.20. The van der Waals surface area contributed by atoms with Crippen molar-refractivity contribution in [1.29, 1.82) is 0 Å². The average Bonchev–Trinajstić information content (AvgIpc) is 2.55. The highest BCUT2D eigenvalue weighted by atomic mass is 35.5. The summed E-state index contributed by atoms with van der Waals surface area (Å²) in [5.74, 6) is -1.35. The first-order valence-corrected chi connectivity index (χ1v) is 9.34. The second kappa shape index (κ2) is 8.03. The molecule has 0 saturated carbocycles. The highest BCUT2D eigenvalue weighted by molar-refractivity contribution is 7.92. The highest BCUT2D eigenvalue weighted by Gasteiger charge is 2.29. The van der Waals surface area contributed by atoms with Gasteiger partial charge in [0.1, 0.15) is 12.4 Å². The van der Waals surface area contributed by atoms with Gasteiger partial charge in [-0.15, -0.1) is 0 Å². The molecule has 5 nitrogen and oxygen atoms in total. The number of hydrogen-bond acceptors (Lipinski definition) is 4. The van der Waals surface area contributed by atoms with Gasteiger partial charge in [-0.25, -0.2) is 12.8 Å². The molecule has 2 rings (SSSR count). The molecule has 2 aromatic carbocycles. The molecule has 134 valence electrons. The number of anilines is 1. The van der Waals surface area contributed by atoms with Crippen LogP contribution in [0.5, 0.6) is 0 Å². The first-order valence-electron chi connectivity index (χ1n) is 7.14. The van der Waals surface area contributed by atoms with Gasteiger partial charge in [0.15, 0.2) is 0 Å². The van der Waals surface area contributed by atoms with Crippen molar-refractivity contribution in [2.75, 3.05) is 17.5 Å². The van der Waals surface area contributed by atoms with E-state index < -0.39 is 28.4 Å². The summed E-state index contributed by atoms with van der Waals surface area (Å²) < 4.78 is 44.6. The average molecular weight is 406 g/mol. The summed E-state index contributed by atoms with van der Waals surface area (Å²) in [6.07, 6.45) is 0. The lowest BCUT2D eigenvalue weighted by molar-refractivity contribution is -0.141. The van der Waals surface area contributed by atoms with Gasteiger partial charge in [-0.3, -0.25) is 9.10 Å². The van der Waals surface area contributed by atoms with E-state index in [4.69, 9.17) is 27.9 Å². The molecule has 0 aromatic heterocycles. The van der Waals surface area contributed by atoms with Crippen molar-refractivity contribution < 1.29 is 22.3 Å². The quantitative estimate of drug-likeness (QED) is 0.683. The number of rotatable bonds is 6. The third-order valence-corrected chi connectivity index (χ3v) is 5.49. The molecule has 25 heavy (non-hydrogen) atoms. The summed E-state index contributed by atoms with van der Waals surface area (Å²) in [5, 5.41) is 0.321.